The van der Waals surface area contributed by atoms with Crippen molar-refractivity contribution >= 4 is 33.5 Å². The Morgan fingerprint density at radius 1 is 1.36 bits per heavy atom. The molecule has 2 heterocycles. The molecular weight excluding hydrogens is 296 g/mol. The summed E-state index contributed by atoms with van der Waals surface area (Å²) in [6.45, 7) is 2.16. The normalized spacial score (nSPS) is 15.9. The number of benzene rings is 1. The fourth-order valence-corrected chi connectivity index (χ4v) is 3.30. The highest BCUT2D eigenvalue weighted by molar-refractivity contribution is 7.09. The quantitative estimate of drug-likeness (QED) is 0.807. The van der Waals surface area contributed by atoms with Gasteiger partial charge in [-0.3, -0.25) is 10.1 Å². The van der Waals surface area contributed by atoms with Gasteiger partial charge in [0.15, 0.2) is 5.82 Å². The van der Waals surface area contributed by atoms with E-state index in [-0.39, 0.29) is 11.3 Å². The molecule has 1 aliphatic carbocycles. The van der Waals surface area contributed by atoms with Gasteiger partial charge in [0.2, 0.25) is 5.13 Å². The van der Waals surface area contributed by atoms with Crippen molar-refractivity contribution in [2.45, 2.75) is 25.2 Å². The molecule has 0 atom stereocenters. The number of aryl methyl sites for hydroxylation is 1. The zero-order valence-corrected chi connectivity index (χ0v) is 13.3. The highest BCUT2D eigenvalue weighted by Gasteiger charge is 2.42. The van der Waals surface area contributed by atoms with Crippen LogP contribution in [-0.4, -0.2) is 19.8 Å². The smallest absolute Gasteiger partial charge is 0.258 e. The molecule has 112 valence electrons. The number of nitrogens with one attached hydrogen (secondary N) is 1. The lowest BCUT2D eigenvalue weighted by Crippen LogP contribution is -2.12. The number of amides is 1. The van der Waals surface area contributed by atoms with Crippen LogP contribution in [-0.2, 0) is 12.5 Å². The van der Waals surface area contributed by atoms with Crippen molar-refractivity contribution in [3.8, 4) is 0 Å². The second-order valence-corrected chi connectivity index (χ2v) is 6.85. The van der Waals surface area contributed by atoms with Gasteiger partial charge < -0.3 is 4.57 Å². The molecule has 0 spiro atoms. The van der Waals surface area contributed by atoms with Crippen LogP contribution in [0.25, 0.3) is 10.9 Å². The number of fused-ring (bicyclic) bond motifs is 1. The summed E-state index contributed by atoms with van der Waals surface area (Å²) in [7, 11) is 1.97. The van der Waals surface area contributed by atoms with E-state index in [9.17, 15) is 4.79 Å². The summed E-state index contributed by atoms with van der Waals surface area (Å²) >= 11 is 1.25. The molecule has 4 rings (SSSR count). The average Bonchev–Trinajstić information content (AvgIpc) is 2.94. The summed E-state index contributed by atoms with van der Waals surface area (Å²) in [5, 5.41) is 4.39. The minimum absolute atomic E-state index is 0.124. The molecule has 1 N–H and O–H groups in total. The lowest BCUT2D eigenvalue weighted by Gasteiger charge is -2.04. The van der Waals surface area contributed by atoms with Gasteiger partial charge in [0.1, 0.15) is 0 Å². The standard InChI is InChI=1S/C16H16N4OS/c1-16(7-8-16)14-18-15(22-19-14)17-13(21)11-4-3-5-12-10(11)6-9-20(12)2/h3-6,9H,7-8H2,1-2H3,(H,17,18,19,21). The number of aromatic nitrogens is 3. The minimum atomic E-state index is -0.138. The van der Waals surface area contributed by atoms with E-state index < -0.39 is 0 Å². The van der Waals surface area contributed by atoms with Crippen LogP contribution < -0.4 is 5.32 Å². The van der Waals surface area contributed by atoms with Gasteiger partial charge >= 0.3 is 0 Å². The minimum Gasteiger partial charge on any atom is -0.351 e. The van der Waals surface area contributed by atoms with Gasteiger partial charge in [-0.05, 0) is 31.0 Å². The Kier molecular flexibility index (Phi) is 2.84. The zero-order valence-electron chi connectivity index (χ0n) is 12.5. The molecule has 0 radical (unpaired) electrons. The molecular formula is C16H16N4OS. The molecule has 1 amide bonds. The monoisotopic (exact) mass is 312 g/mol. The molecule has 0 unspecified atom stereocenters. The van der Waals surface area contributed by atoms with Gasteiger partial charge in [0.05, 0.1) is 0 Å². The molecule has 1 aromatic carbocycles. The Hall–Kier alpha value is -2.21. The second kappa shape index (κ2) is 4.64. The molecule has 0 bridgehead atoms. The Balaban J connectivity index is 1.62. The van der Waals surface area contributed by atoms with Gasteiger partial charge in [-0.1, -0.05) is 13.0 Å². The van der Waals surface area contributed by atoms with E-state index in [0.29, 0.717) is 10.7 Å². The third-order valence-corrected chi connectivity index (χ3v) is 4.99. The third-order valence-electron chi connectivity index (χ3n) is 4.36. The Labute approximate surface area is 132 Å². The van der Waals surface area contributed by atoms with Crippen molar-refractivity contribution in [1.82, 2.24) is 13.9 Å². The maximum absolute atomic E-state index is 12.5. The van der Waals surface area contributed by atoms with Crippen molar-refractivity contribution in [2.24, 2.45) is 7.05 Å². The summed E-state index contributed by atoms with van der Waals surface area (Å²) in [6.07, 6.45) is 4.21. The van der Waals surface area contributed by atoms with Crippen LogP contribution in [0, 0.1) is 0 Å². The van der Waals surface area contributed by atoms with Gasteiger partial charge in [0.25, 0.3) is 5.91 Å². The largest absolute Gasteiger partial charge is 0.351 e. The Morgan fingerprint density at radius 3 is 2.95 bits per heavy atom. The molecule has 5 nitrogen and oxygen atoms in total. The number of carbonyl (C=O) groups excluding carboxylic acids is 1. The summed E-state index contributed by atoms with van der Waals surface area (Å²) in [5.74, 6) is 0.714. The lowest BCUT2D eigenvalue weighted by atomic mass is 10.1. The first-order chi connectivity index (χ1) is 10.6. The molecule has 22 heavy (non-hydrogen) atoms. The summed E-state index contributed by atoms with van der Waals surface area (Å²) in [4.78, 5) is 17.0. The maximum atomic E-state index is 12.5. The van der Waals surface area contributed by atoms with Crippen molar-refractivity contribution in [1.29, 1.82) is 0 Å². The number of hydrogen-bond donors (Lipinski definition) is 1. The van der Waals surface area contributed by atoms with E-state index in [1.54, 1.807) is 0 Å². The predicted molar refractivity (Wildman–Crippen MR) is 87.4 cm³/mol. The van der Waals surface area contributed by atoms with Crippen molar-refractivity contribution in [2.75, 3.05) is 5.32 Å². The zero-order chi connectivity index (χ0) is 15.3. The van der Waals surface area contributed by atoms with Gasteiger partial charge in [-0.2, -0.15) is 4.37 Å². The number of nitrogens with zero attached hydrogens (tertiary/aromatic N) is 3. The highest BCUT2D eigenvalue weighted by Crippen LogP contribution is 2.46. The summed E-state index contributed by atoms with van der Waals surface area (Å²) in [6, 6.07) is 7.69. The number of anilines is 1. The fourth-order valence-electron chi connectivity index (χ4n) is 2.60. The van der Waals surface area contributed by atoms with Gasteiger partial charge in [0, 0.05) is 46.7 Å². The van der Waals surface area contributed by atoms with E-state index in [4.69, 9.17) is 0 Å². The molecule has 2 aromatic heterocycles. The van der Waals surface area contributed by atoms with Crippen molar-refractivity contribution < 1.29 is 4.79 Å². The maximum Gasteiger partial charge on any atom is 0.258 e. The van der Waals surface area contributed by atoms with Crippen molar-refractivity contribution in [3.05, 3.63) is 41.9 Å². The van der Waals surface area contributed by atoms with Crippen LogP contribution in [0.15, 0.2) is 30.5 Å². The van der Waals surface area contributed by atoms with E-state index >= 15 is 0 Å². The summed E-state index contributed by atoms with van der Waals surface area (Å²) in [5.41, 5.74) is 1.82. The topological polar surface area (TPSA) is 59.8 Å². The van der Waals surface area contributed by atoms with E-state index in [1.165, 1.54) is 11.5 Å². The average molecular weight is 312 g/mol. The van der Waals surface area contributed by atoms with E-state index in [1.807, 2.05) is 42.1 Å². The number of rotatable bonds is 3. The summed E-state index contributed by atoms with van der Waals surface area (Å²) < 4.78 is 6.38. The third kappa shape index (κ3) is 2.11. The van der Waals surface area contributed by atoms with Crippen LogP contribution in [0.1, 0.15) is 35.9 Å². The predicted octanol–water partition coefficient (Wildman–Crippen LogP) is 3.33. The molecule has 0 aliphatic heterocycles. The van der Waals surface area contributed by atoms with Crippen molar-refractivity contribution in [3.63, 3.8) is 0 Å². The Bertz CT molecular complexity index is 875. The van der Waals surface area contributed by atoms with Gasteiger partial charge in [-0.15, -0.1) is 0 Å². The first kappa shape index (κ1) is 13.5. The van der Waals surface area contributed by atoms with Crippen LogP contribution in [0.5, 0.6) is 0 Å². The molecule has 3 aromatic rings. The number of hydrogen-bond acceptors (Lipinski definition) is 4. The molecule has 6 heteroatoms. The molecule has 1 aliphatic rings. The second-order valence-electron chi connectivity index (χ2n) is 6.10. The van der Waals surface area contributed by atoms with Gasteiger partial charge in [-0.25, -0.2) is 4.98 Å². The van der Waals surface area contributed by atoms with Crippen LogP contribution >= 0.6 is 11.5 Å². The molecule has 0 saturated heterocycles. The van der Waals surface area contributed by atoms with E-state index in [0.717, 1.165) is 29.6 Å². The van der Waals surface area contributed by atoms with Crippen LogP contribution in [0.4, 0.5) is 5.13 Å². The first-order valence-corrected chi connectivity index (χ1v) is 8.04. The first-order valence-electron chi connectivity index (χ1n) is 7.26. The number of carbonyl (C=O) groups is 1. The fraction of sp³-hybridized carbons (Fsp3) is 0.312. The SMILES string of the molecule is Cn1ccc2c(C(=O)Nc3nc(C4(C)CC4)ns3)cccc21. The lowest BCUT2D eigenvalue weighted by molar-refractivity contribution is 0.102. The molecule has 1 saturated carbocycles. The Morgan fingerprint density at radius 2 is 2.18 bits per heavy atom. The molecule has 1 fully saturated rings. The van der Waals surface area contributed by atoms with Crippen LogP contribution in [0.2, 0.25) is 0 Å². The van der Waals surface area contributed by atoms with Crippen LogP contribution in [0.3, 0.4) is 0 Å². The highest BCUT2D eigenvalue weighted by atomic mass is 32.1. The van der Waals surface area contributed by atoms with E-state index in [2.05, 4.69) is 21.6 Å².